The van der Waals surface area contributed by atoms with Gasteiger partial charge < -0.3 is 14.0 Å². The number of hydrogen-bond acceptors (Lipinski definition) is 7. The Labute approximate surface area is 205 Å². The molecule has 4 rings (SSSR count). The lowest BCUT2D eigenvalue weighted by atomic mass is 10.0. The van der Waals surface area contributed by atoms with Crippen LogP contribution in [0.4, 0.5) is 0 Å². The molecule has 0 atom stereocenters. The molecule has 0 saturated carbocycles. The van der Waals surface area contributed by atoms with E-state index in [0.29, 0.717) is 17.7 Å². The highest BCUT2D eigenvalue weighted by atomic mass is 32.1. The number of methoxy groups -OCH3 is 2. The predicted molar refractivity (Wildman–Crippen MR) is 132 cm³/mol. The molecule has 0 spiro atoms. The number of nitrogens with one attached hydrogen (secondary N) is 2. The van der Waals surface area contributed by atoms with Gasteiger partial charge in [0.15, 0.2) is 5.11 Å². The van der Waals surface area contributed by atoms with Crippen LogP contribution in [0, 0.1) is 6.92 Å². The number of thiocarbonyl (C=S) groups is 1. The van der Waals surface area contributed by atoms with Crippen molar-refractivity contribution >= 4 is 58.1 Å². The van der Waals surface area contributed by atoms with Gasteiger partial charge in [0, 0.05) is 28.7 Å². The Morgan fingerprint density at radius 2 is 1.54 bits per heavy atom. The second-order valence-electron chi connectivity index (χ2n) is 7.80. The molecule has 9 nitrogen and oxygen atoms in total. The first kappa shape index (κ1) is 23.8. The second kappa shape index (κ2) is 9.51. The van der Waals surface area contributed by atoms with Crippen molar-refractivity contribution in [2.45, 2.75) is 13.5 Å². The zero-order valence-corrected chi connectivity index (χ0v) is 19.9. The molecule has 0 radical (unpaired) electrons. The number of aromatic nitrogens is 1. The molecule has 2 N–H and O–H groups in total. The minimum absolute atomic E-state index is 0.0387. The van der Waals surface area contributed by atoms with Gasteiger partial charge in [0.2, 0.25) is 0 Å². The molecule has 2 heterocycles. The second-order valence-corrected chi connectivity index (χ2v) is 8.21. The van der Waals surface area contributed by atoms with E-state index in [0.717, 1.165) is 16.6 Å². The van der Waals surface area contributed by atoms with Crippen molar-refractivity contribution in [3.8, 4) is 0 Å². The van der Waals surface area contributed by atoms with Gasteiger partial charge in [0.05, 0.1) is 25.3 Å². The molecular formula is C25H21N3O6S. The average molecular weight is 492 g/mol. The fraction of sp³-hybridized carbons (Fsp3) is 0.160. The standard InChI is InChI=1S/C25H21N3O6S/c1-13-18(11-19-21(29)26-25(35)27-22(19)30)17-6-4-5-7-20(17)28(13)12-14-8-15(23(31)33-2)10-16(9-14)24(32)34-3/h4-11H,12H2,1-3H3,(H2,26,27,29,30,35). The summed E-state index contributed by atoms with van der Waals surface area (Å²) in [7, 11) is 2.53. The zero-order chi connectivity index (χ0) is 25.3. The van der Waals surface area contributed by atoms with Crippen LogP contribution in [-0.4, -0.2) is 47.7 Å². The van der Waals surface area contributed by atoms with Crippen molar-refractivity contribution < 1.29 is 28.7 Å². The number of rotatable bonds is 5. The molecule has 1 saturated heterocycles. The maximum absolute atomic E-state index is 12.4. The van der Waals surface area contributed by atoms with Crippen LogP contribution in [0.5, 0.6) is 0 Å². The topological polar surface area (TPSA) is 116 Å². The predicted octanol–water partition coefficient (Wildman–Crippen LogP) is 2.49. The highest BCUT2D eigenvalue weighted by molar-refractivity contribution is 7.80. The smallest absolute Gasteiger partial charge is 0.337 e. The van der Waals surface area contributed by atoms with Crippen molar-refractivity contribution in [3.63, 3.8) is 0 Å². The van der Waals surface area contributed by atoms with E-state index in [4.69, 9.17) is 21.7 Å². The highest BCUT2D eigenvalue weighted by Gasteiger charge is 2.27. The summed E-state index contributed by atoms with van der Waals surface area (Å²) in [5.41, 5.74) is 3.33. The van der Waals surface area contributed by atoms with E-state index in [-0.39, 0.29) is 21.8 Å². The third-order valence-corrected chi connectivity index (χ3v) is 5.89. The molecular weight excluding hydrogens is 470 g/mol. The van der Waals surface area contributed by atoms with Gasteiger partial charge in [-0.3, -0.25) is 20.2 Å². The van der Waals surface area contributed by atoms with Gasteiger partial charge >= 0.3 is 11.9 Å². The van der Waals surface area contributed by atoms with E-state index in [1.165, 1.54) is 26.4 Å². The number of fused-ring (bicyclic) bond motifs is 1. The first-order valence-electron chi connectivity index (χ1n) is 10.5. The summed E-state index contributed by atoms with van der Waals surface area (Å²) in [5.74, 6) is -2.32. The number of ether oxygens (including phenoxy) is 2. The largest absolute Gasteiger partial charge is 0.465 e. The normalized spacial score (nSPS) is 13.3. The minimum Gasteiger partial charge on any atom is -0.465 e. The highest BCUT2D eigenvalue weighted by Crippen LogP contribution is 2.29. The summed E-state index contributed by atoms with van der Waals surface area (Å²) in [4.78, 5) is 49.2. The van der Waals surface area contributed by atoms with Crippen molar-refractivity contribution in [2.24, 2.45) is 0 Å². The fourth-order valence-corrected chi connectivity index (χ4v) is 4.22. The van der Waals surface area contributed by atoms with Crippen molar-refractivity contribution in [2.75, 3.05) is 14.2 Å². The Kier molecular flexibility index (Phi) is 6.48. The van der Waals surface area contributed by atoms with Crippen LogP contribution in [0.2, 0.25) is 0 Å². The summed E-state index contributed by atoms with van der Waals surface area (Å²) in [6.07, 6.45) is 1.53. The Morgan fingerprint density at radius 1 is 0.971 bits per heavy atom. The molecule has 35 heavy (non-hydrogen) atoms. The Hall–Kier alpha value is -4.31. The summed E-state index contributed by atoms with van der Waals surface area (Å²) >= 11 is 4.87. The minimum atomic E-state index is -0.580. The van der Waals surface area contributed by atoms with Gasteiger partial charge in [0.1, 0.15) is 5.57 Å². The van der Waals surface area contributed by atoms with E-state index in [1.54, 1.807) is 12.1 Å². The molecule has 1 aromatic heterocycles. The maximum atomic E-state index is 12.4. The van der Waals surface area contributed by atoms with E-state index >= 15 is 0 Å². The lowest BCUT2D eigenvalue weighted by Gasteiger charge is -2.16. The van der Waals surface area contributed by atoms with Gasteiger partial charge in [-0.25, -0.2) is 9.59 Å². The van der Waals surface area contributed by atoms with Crippen LogP contribution < -0.4 is 10.6 Å². The molecule has 10 heteroatoms. The number of amides is 2. The summed E-state index contributed by atoms with van der Waals surface area (Å²) in [6.45, 7) is 2.16. The average Bonchev–Trinajstić information content (AvgIpc) is 3.10. The van der Waals surface area contributed by atoms with Gasteiger partial charge in [-0.05, 0) is 55.0 Å². The number of esters is 2. The van der Waals surface area contributed by atoms with Gasteiger partial charge in [-0.15, -0.1) is 0 Å². The Balaban J connectivity index is 1.84. The SMILES string of the molecule is COC(=O)c1cc(Cn2c(C)c(C=C3C(=O)NC(=S)NC3=O)c3ccccc32)cc(C(=O)OC)c1. The summed E-state index contributed by atoms with van der Waals surface area (Å²) < 4.78 is 11.6. The molecule has 178 valence electrons. The monoisotopic (exact) mass is 491 g/mol. The number of para-hydroxylation sites is 1. The fourth-order valence-electron chi connectivity index (χ4n) is 4.03. The van der Waals surface area contributed by atoms with E-state index in [1.807, 2.05) is 35.8 Å². The Bertz CT molecular complexity index is 1400. The zero-order valence-electron chi connectivity index (χ0n) is 19.1. The third kappa shape index (κ3) is 4.56. The molecule has 1 fully saturated rings. The van der Waals surface area contributed by atoms with Crippen LogP contribution in [0.1, 0.15) is 37.5 Å². The number of carbonyl (C=O) groups excluding carboxylic acids is 4. The first-order valence-corrected chi connectivity index (χ1v) is 10.9. The van der Waals surface area contributed by atoms with Crippen LogP contribution in [0.15, 0.2) is 48.0 Å². The van der Waals surface area contributed by atoms with Crippen LogP contribution in [0.25, 0.3) is 17.0 Å². The van der Waals surface area contributed by atoms with Crippen LogP contribution in [-0.2, 0) is 25.6 Å². The van der Waals surface area contributed by atoms with Crippen molar-refractivity contribution in [1.82, 2.24) is 15.2 Å². The molecule has 2 amide bonds. The van der Waals surface area contributed by atoms with E-state index < -0.39 is 23.8 Å². The molecule has 0 bridgehead atoms. The maximum Gasteiger partial charge on any atom is 0.337 e. The van der Waals surface area contributed by atoms with Gasteiger partial charge in [-0.1, -0.05) is 18.2 Å². The lowest BCUT2D eigenvalue weighted by molar-refractivity contribution is -0.123. The molecule has 0 unspecified atom stereocenters. The van der Waals surface area contributed by atoms with Crippen molar-refractivity contribution in [3.05, 3.63) is 76.0 Å². The van der Waals surface area contributed by atoms with E-state index in [9.17, 15) is 19.2 Å². The lowest BCUT2D eigenvalue weighted by Crippen LogP contribution is -2.51. The number of nitrogens with zero attached hydrogens (tertiary/aromatic N) is 1. The number of benzene rings is 2. The molecule has 1 aliphatic rings. The van der Waals surface area contributed by atoms with Crippen LogP contribution in [0.3, 0.4) is 0 Å². The summed E-state index contributed by atoms with van der Waals surface area (Å²) in [5, 5.41) is 5.66. The molecule has 2 aromatic carbocycles. The third-order valence-electron chi connectivity index (χ3n) is 5.69. The van der Waals surface area contributed by atoms with Crippen LogP contribution >= 0.6 is 12.2 Å². The molecule has 1 aliphatic heterocycles. The number of hydrogen-bond donors (Lipinski definition) is 2. The number of carbonyl (C=O) groups is 4. The van der Waals surface area contributed by atoms with Crippen molar-refractivity contribution in [1.29, 1.82) is 0 Å². The molecule has 3 aromatic rings. The molecule has 0 aliphatic carbocycles. The quantitative estimate of drug-likeness (QED) is 0.244. The van der Waals surface area contributed by atoms with Gasteiger partial charge in [0.25, 0.3) is 11.8 Å². The first-order chi connectivity index (χ1) is 16.7. The van der Waals surface area contributed by atoms with Gasteiger partial charge in [-0.2, -0.15) is 0 Å². The summed E-state index contributed by atoms with van der Waals surface area (Å²) in [6, 6.07) is 12.2. The Morgan fingerprint density at radius 3 is 2.11 bits per heavy atom. The van der Waals surface area contributed by atoms with E-state index in [2.05, 4.69) is 10.6 Å².